The highest BCUT2D eigenvalue weighted by molar-refractivity contribution is 5.89. The Kier molecular flexibility index (Phi) is 3.72. The highest BCUT2D eigenvalue weighted by atomic mass is 19.4. The van der Waals surface area contributed by atoms with Gasteiger partial charge in [0.15, 0.2) is 0 Å². The zero-order valence-electron chi connectivity index (χ0n) is 12.0. The minimum absolute atomic E-state index is 0.00600. The van der Waals surface area contributed by atoms with Gasteiger partial charge in [0.25, 0.3) is 0 Å². The molecule has 1 aliphatic rings. The van der Waals surface area contributed by atoms with Gasteiger partial charge < -0.3 is 5.11 Å². The highest BCUT2D eigenvalue weighted by Gasteiger charge is 2.51. The van der Waals surface area contributed by atoms with Gasteiger partial charge in [0.05, 0.1) is 11.3 Å². The Morgan fingerprint density at radius 3 is 2.43 bits per heavy atom. The maximum absolute atomic E-state index is 12.9. The number of aliphatic hydroxyl groups excluding tert-OH is 1. The van der Waals surface area contributed by atoms with Gasteiger partial charge >= 0.3 is 6.18 Å². The predicted octanol–water partition coefficient (Wildman–Crippen LogP) is 3.43. The lowest BCUT2D eigenvalue weighted by molar-refractivity contribution is -0.137. The van der Waals surface area contributed by atoms with Crippen LogP contribution in [0.5, 0.6) is 0 Å². The van der Waals surface area contributed by atoms with E-state index in [4.69, 9.17) is 0 Å². The summed E-state index contributed by atoms with van der Waals surface area (Å²) in [4.78, 5) is 15.6. The van der Waals surface area contributed by atoms with Crippen LogP contribution < -0.4 is 0 Å². The van der Waals surface area contributed by atoms with Crippen LogP contribution in [-0.4, -0.2) is 15.9 Å². The van der Waals surface area contributed by atoms with Crippen LogP contribution in [-0.2, 0) is 16.4 Å². The van der Waals surface area contributed by atoms with Gasteiger partial charge in [-0.2, -0.15) is 13.2 Å². The molecule has 1 aliphatic carbocycles. The number of Topliss-reactive ketones (excluding diaryl/α,β-unsaturated/α-hetero) is 1. The maximum atomic E-state index is 12.9. The number of nitrogens with zero attached hydrogens (tertiary/aromatic N) is 1. The Morgan fingerprint density at radius 2 is 1.87 bits per heavy atom. The lowest BCUT2D eigenvalue weighted by atomic mass is 9.59. The summed E-state index contributed by atoms with van der Waals surface area (Å²) >= 11 is 0. The number of hydrogen-bond donors (Lipinski definition) is 1. The first kappa shape index (κ1) is 15.7. The standard InChI is InChI=1S/C17H14F3NO2/c18-17(19,20)12-5-3-4-11(8-12)16(9-13(22)10-16)15(23)14-6-1-2-7-21-14/h1-8,15,23H,9-10H2/t15-/m0/s1. The van der Waals surface area contributed by atoms with Gasteiger partial charge in [-0.1, -0.05) is 24.3 Å². The number of pyridine rings is 1. The summed E-state index contributed by atoms with van der Waals surface area (Å²) in [6.45, 7) is 0. The first-order valence-electron chi connectivity index (χ1n) is 7.11. The van der Waals surface area contributed by atoms with E-state index in [2.05, 4.69) is 4.98 Å². The van der Waals surface area contributed by atoms with E-state index in [0.717, 1.165) is 12.1 Å². The molecule has 3 nitrogen and oxygen atoms in total. The average molecular weight is 321 g/mol. The van der Waals surface area contributed by atoms with Gasteiger partial charge in [-0.3, -0.25) is 9.78 Å². The molecular weight excluding hydrogens is 307 g/mol. The minimum Gasteiger partial charge on any atom is -0.386 e. The van der Waals surface area contributed by atoms with Gasteiger partial charge in [0.1, 0.15) is 11.9 Å². The van der Waals surface area contributed by atoms with Crippen molar-refractivity contribution in [3.8, 4) is 0 Å². The number of halogens is 3. The molecule has 0 spiro atoms. The molecule has 0 saturated heterocycles. The van der Waals surface area contributed by atoms with Crippen molar-refractivity contribution >= 4 is 5.78 Å². The lowest BCUT2D eigenvalue weighted by Crippen LogP contribution is -2.47. The molecule has 0 unspecified atom stereocenters. The summed E-state index contributed by atoms with van der Waals surface area (Å²) in [6.07, 6.45) is -4.09. The van der Waals surface area contributed by atoms with Crippen LogP contribution in [0, 0.1) is 0 Å². The number of rotatable bonds is 3. The van der Waals surface area contributed by atoms with E-state index in [9.17, 15) is 23.1 Å². The SMILES string of the molecule is O=C1CC(c2cccc(C(F)(F)F)c2)([C@@H](O)c2ccccn2)C1. The number of aromatic nitrogens is 1. The van der Waals surface area contributed by atoms with E-state index >= 15 is 0 Å². The summed E-state index contributed by atoms with van der Waals surface area (Å²) < 4.78 is 38.8. The molecule has 1 aromatic heterocycles. The molecule has 0 amide bonds. The van der Waals surface area contributed by atoms with Crippen molar-refractivity contribution in [1.29, 1.82) is 0 Å². The number of carbonyl (C=O) groups excluding carboxylic acids is 1. The molecule has 0 bridgehead atoms. The van der Waals surface area contributed by atoms with Crippen LogP contribution in [0.2, 0.25) is 0 Å². The van der Waals surface area contributed by atoms with Crippen LogP contribution in [0.3, 0.4) is 0 Å². The van der Waals surface area contributed by atoms with Gasteiger partial charge in [-0.05, 0) is 23.8 Å². The number of hydrogen-bond acceptors (Lipinski definition) is 3. The minimum atomic E-state index is -4.47. The Bertz CT molecular complexity index is 720. The van der Waals surface area contributed by atoms with Gasteiger partial charge in [0.2, 0.25) is 0 Å². The Hall–Kier alpha value is -2.21. The van der Waals surface area contributed by atoms with Crippen molar-refractivity contribution < 1.29 is 23.1 Å². The highest BCUT2D eigenvalue weighted by Crippen LogP contribution is 2.50. The first-order valence-corrected chi connectivity index (χ1v) is 7.11. The zero-order chi connectivity index (χ0) is 16.7. The predicted molar refractivity (Wildman–Crippen MR) is 76.6 cm³/mol. The van der Waals surface area contributed by atoms with Crippen molar-refractivity contribution in [3.05, 3.63) is 65.5 Å². The molecule has 2 aromatic rings. The second kappa shape index (κ2) is 5.45. The molecule has 1 heterocycles. The fourth-order valence-electron chi connectivity index (χ4n) is 3.03. The zero-order valence-corrected chi connectivity index (χ0v) is 12.0. The molecule has 1 N–H and O–H groups in total. The van der Waals surface area contributed by atoms with E-state index in [1.54, 1.807) is 18.2 Å². The summed E-state index contributed by atoms with van der Waals surface area (Å²) in [7, 11) is 0. The van der Waals surface area contributed by atoms with E-state index in [1.807, 2.05) is 0 Å². The van der Waals surface area contributed by atoms with Crippen molar-refractivity contribution in [2.45, 2.75) is 30.5 Å². The molecular formula is C17H14F3NO2. The molecule has 3 rings (SSSR count). The Balaban J connectivity index is 2.04. The van der Waals surface area contributed by atoms with Crippen molar-refractivity contribution in [3.63, 3.8) is 0 Å². The molecule has 1 fully saturated rings. The van der Waals surface area contributed by atoms with Crippen molar-refractivity contribution in [2.24, 2.45) is 0 Å². The number of carbonyl (C=O) groups is 1. The molecule has 0 radical (unpaired) electrons. The Morgan fingerprint density at radius 1 is 1.13 bits per heavy atom. The normalized spacial score (nSPS) is 18.3. The van der Waals surface area contributed by atoms with Crippen LogP contribution in [0.25, 0.3) is 0 Å². The van der Waals surface area contributed by atoms with Gasteiger partial charge in [-0.25, -0.2) is 0 Å². The molecule has 1 aromatic carbocycles. The number of alkyl halides is 3. The molecule has 23 heavy (non-hydrogen) atoms. The quantitative estimate of drug-likeness (QED) is 0.942. The number of benzene rings is 1. The van der Waals surface area contributed by atoms with Crippen LogP contribution >= 0.6 is 0 Å². The second-order valence-corrected chi connectivity index (χ2v) is 5.78. The molecule has 1 saturated carbocycles. The lowest BCUT2D eigenvalue weighted by Gasteiger charge is -2.44. The maximum Gasteiger partial charge on any atom is 0.416 e. The fourth-order valence-corrected chi connectivity index (χ4v) is 3.03. The van der Waals surface area contributed by atoms with E-state index < -0.39 is 23.3 Å². The van der Waals surface area contributed by atoms with E-state index in [0.29, 0.717) is 11.3 Å². The summed E-state index contributed by atoms with van der Waals surface area (Å²) in [5, 5.41) is 10.7. The fraction of sp³-hybridized carbons (Fsp3) is 0.294. The third-order valence-corrected chi connectivity index (χ3v) is 4.28. The van der Waals surface area contributed by atoms with Gasteiger partial charge in [-0.15, -0.1) is 0 Å². The third-order valence-electron chi connectivity index (χ3n) is 4.28. The molecule has 1 atom stereocenters. The van der Waals surface area contributed by atoms with Crippen LogP contribution in [0.15, 0.2) is 48.7 Å². The first-order chi connectivity index (χ1) is 10.8. The third kappa shape index (κ3) is 2.74. The molecule has 120 valence electrons. The monoisotopic (exact) mass is 321 g/mol. The summed E-state index contributed by atoms with van der Waals surface area (Å²) in [5.41, 5.74) is -1.18. The Labute approximate surface area is 130 Å². The molecule has 6 heteroatoms. The largest absolute Gasteiger partial charge is 0.416 e. The summed E-state index contributed by atoms with van der Waals surface area (Å²) in [6, 6.07) is 9.78. The smallest absolute Gasteiger partial charge is 0.386 e. The average Bonchev–Trinajstić information content (AvgIpc) is 2.51. The number of aliphatic hydroxyl groups is 1. The van der Waals surface area contributed by atoms with Crippen LogP contribution in [0.1, 0.15) is 35.8 Å². The summed E-state index contributed by atoms with van der Waals surface area (Å²) in [5.74, 6) is -0.0857. The van der Waals surface area contributed by atoms with Gasteiger partial charge in [0, 0.05) is 24.5 Å². The van der Waals surface area contributed by atoms with Crippen LogP contribution in [0.4, 0.5) is 13.2 Å². The topological polar surface area (TPSA) is 50.2 Å². The second-order valence-electron chi connectivity index (χ2n) is 5.78. The van der Waals surface area contributed by atoms with Crippen molar-refractivity contribution in [2.75, 3.05) is 0 Å². The number of ketones is 1. The van der Waals surface area contributed by atoms with Crippen molar-refractivity contribution in [1.82, 2.24) is 4.98 Å². The van der Waals surface area contributed by atoms with E-state index in [-0.39, 0.29) is 18.6 Å². The van der Waals surface area contributed by atoms with E-state index in [1.165, 1.54) is 18.3 Å². The molecule has 0 aliphatic heterocycles.